The van der Waals surface area contributed by atoms with Gasteiger partial charge in [-0.2, -0.15) is 13.2 Å². The van der Waals surface area contributed by atoms with E-state index in [1.54, 1.807) is 0 Å². The topological polar surface area (TPSA) is 49.3 Å². The van der Waals surface area contributed by atoms with Gasteiger partial charge in [0.15, 0.2) is 0 Å². The molecular formula is C14H16F3NO2. The predicted octanol–water partition coefficient (Wildman–Crippen LogP) is 3.12. The van der Waals surface area contributed by atoms with E-state index < -0.39 is 17.7 Å². The van der Waals surface area contributed by atoms with Crippen LogP contribution in [-0.4, -0.2) is 24.2 Å². The van der Waals surface area contributed by atoms with Crippen molar-refractivity contribution in [1.82, 2.24) is 5.32 Å². The maximum absolute atomic E-state index is 12.9. The number of halogens is 3. The molecule has 0 spiro atoms. The third-order valence-electron chi connectivity index (χ3n) is 3.74. The smallest absolute Gasteiger partial charge is 0.416 e. The second kappa shape index (κ2) is 5.44. The normalized spacial score (nSPS) is 23.6. The lowest BCUT2D eigenvalue weighted by Gasteiger charge is -2.30. The van der Waals surface area contributed by atoms with Gasteiger partial charge < -0.3 is 10.4 Å². The molecule has 1 aliphatic heterocycles. The Balaban J connectivity index is 2.46. The van der Waals surface area contributed by atoms with Gasteiger partial charge in [-0.05, 0) is 55.1 Å². The highest BCUT2D eigenvalue weighted by atomic mass is 19.4. The standard InChI is InChI=1S/C14H16F3NO2/c1-8-7-18-3-2-12(8)9-4-10(13(19)20)6-11(5-9)14(15,16)17/h4-6,8,12,18H,2-3,7H2,1H3,(H,19,20)/t8-,12+/m1/s1. The molecule has 20 heavy (non-hydrogen) atoms. The second-order valence-electron chi connectivity index (χ2n) is 5.22. The summed E-state index contributed by atoms with van der Waals surface area (Å²) >= 11 is 0. The lowest BCUT2D eigenvalue weighted by atomic mass is 9.81. The van der Waals surface area contributed by atoms with Crippen molar-refractivity contribution in [2.75, 3.05) is 13.1 Å². The van der Waals surface area contributed by atoms with Crippen LogP contribution in [0.4, 0.5) is 13.2 Å². The molecule has 0 aliphatic carbocycles. The summed E-state index contributed by atoms with van der Waals surface area (Å²) in [6.07, 6.45) is -3.82. The van der Waals surface area contributed by atoms with Crippen LogP contribution in [0.1, 0.15) is 40.7 Å². The molecule has 110 valence electrons. The Morgan fingerprint density at radius 3 is 2.60 bits per heavy atom. The van der Waals surface area contributed by atoms with E-state index in [-0.39, 0.29) is 17.4 Å². The maximum Gasteiger partial charge on any atom is 0.416 e. The molecule has 1 aromatic carbocycles. The first-order valence-electron chi connectivity index (χ1n) is 6.45. The molecule has 0 radical (unpaired) electrons. The highest BCUT2D eigenvalue weighted by Crippen LogP contribution is 2.36. The van der Waals surface area contributed by atoms with Crippen LogP contribution in [0.2, 0.25) is 0 Å². The van der Waals surface area contributed by atoms with Gasteiger partial charge in [-0.15, -0.1) is 0 Å². The fourth-order valence-electron chi connectivity index (χ4n) is 2.66. The molecule has 1 fully saturated rings. The van der Waals surface area contributed by atoms with Gasteiger partial charge in [-0.1, -0.05) is 6.92 Å². The van der Waals surface area contributed by atoms with Crippen molar-refractivity contribution in [2.24, 2.45) is 5.92 Å². The van der Waals surface area contributed by atoms with E-state index in [2.05, 4.69) is 5.32 Å². The molecular weight excluding hydrogens is 271 g/mol. The maximum atomic E-state index is 12.9. The number of aromatic carboxylic acids is 1. The number of hydrogen-bond acceptors (Lipinski definition) is 2. The van der Waals surface area contributed by atoms with Crippen molar-refractivity contribution in [2.45, 2.75) is 25.4 Å². The van der Waals surface area contributed by atoms with Crippen molar-refractivity contribution in [3.05, 3.63) is 34.9 Å². The molecule has 0 unspecified atom stereocenters. The first kappa shape index (κ1) is 14.8. The van der Waals surface area contributed by atoms with Gasteiger partial charge in [-0.25, -0.2) is 4.79 Å². The number of carboxylic acid groups (broad SMARTS) is 1. The van der Waals surface area contributed by atoms with Gasteiger partial charge in [0.2, 0.25) is 0 Å². The average molecular weight is 287 g/mol. The molecule has 1 saturated heterocycles. The van der Waals surface area contributed by atoms with Crippen LogP contribution in [0.15, 0.2) is 18.2 Å². The Bertz CT molecular complexity index is 514. The van der Waals surface area contributed by atoms with Crippen LogP contribution in [-0.2, 0) is 6.18 Å². The van der Waals surface area contributed by atoms with E-state index in [0.29, 0.717) is 18.1 Å². The van der Waals surface area contributed by atoms with Crippen LogP contribution < -0.4 is 5.32 Å². The fourth-order valence-corrected chi connectivity index (χ4v) is 2.66. The number of alkyl halides is 3. The summed E-state index contributed by atoms with van der Waals surface area (Å²) in [6, 6.07) is 3.14. The summed E-state index contributed by atoms with van der Waals surface area (Å²) in [6.45, 7) is 3.41. The quantitative estimate of drug-likeness (QED) is 0.878. The van der Waals surface area contributed by atoms with Crippen molar-refractivity contribution < 1.29 is 23.1 Å². The fraction of sp³-hybridized carbons (Fsp3) is 0.500. The molecule has 2 rings (SSSR count). The lowest BCUT2D eigenvalue weighted by molar-refractivity contribution is -0.137. The lowest BCUT2D eigenvalue weighted by Crippen LogP contribution is -2.34. The highest BCUT2D eigenvalue weighted by Gasteiger charge is 2.33. The van der Waals surface area contributed by atoms with Gasteiger partial charge in [0, 0.05) is 0 Å². The average Bonchev–Trinajstić information content (AvgIpc) is 2.37. The van der Waals surface area contributed by atoms with Crippen LogP contribution in [0, 0.1) is 5.92 Å². The number of rotatable bonds is 2. The van der Waals surface area contributed by atoms with Gasteiger partial charge in [0.1, 0.15) is 0 Å². The number of benzene rings is 1. The van der Waals surface area contributed by atoms with Crippen molar-refractivity contribution in [3.63, 3.8) is 0 Å². The molecule has 0 saturated carbocycles. The number of piperidine rings is 1. The van der Waals surface area contributed by atoms with E-state index in [4.69, 9.17) is 5.11 Å². The van der Waals surface area contributed by atoms with Crippen LogP contribution in [0.25, 0.3) is 0 Å². The first-order valence-corrected chi connectivity index (χ1v) is 6.45. The van der Waals surface area contributed by atoms with Crippen LogP contribution >= 0.6 is 0 Å². The zero-order chi connectivity index (χ0) is 14.9. The number of carbonyl (C=O) groups is 1. The van der Waals surface area contributed by atoms with Crippen molar-refractivity contribution in [3.8, 4) is 0 Å². The monoisotopic (exact) mass is 287 g/mol. The van der Waals surface area contributed by atoms with Crippen molar-refractivity contribution >= 4 is 5.97 Å². The minimum Gasteiger partial charge on any atom is -0.478 e. The van der Waals surface area contributed by atoms with E-state index in [9.17, 15) is 18.0 Å². The summed E-state index contributed by atoms with van der Waals surface area (Å²) in [5.74, 6) is -1.20. The minimum absolute atomic E-state index is 0.0448. The zero-order valence-electron chi connectivity index (χ0n) is 11.0. The Morgan fingerprint density at radius 2 is 2.05 bits per heavy atom. The molecule has 0 amide bonds. The Labute approximate surface area is 114 Å². The van der Waals surface area contributed by atoms with E-state index in [0.717, 1.165) is 19.2 Å². The zero-order valence-corrected chi connectivity index (χ0v) is 11.0. The Morgan fingerprint density at radius 1 is 1.35 bits per heavy atom. The highest BCUT2D eigenvalue weighted by molar-refractivity contribution is 5.88. The number of nitrogens with one attached hydrogen (secondary N) is 1. The minimum atomic E-state index is -4.53. The molecule has 2 N–H and O–H groups in total. The molecule has 6 heteroatoms. The SMILES string of the molecule is C[C@@H]1CNCC[C@@H]1c1cc(C(=O)O)cc(C(F)(F)F)c1. The van der Waals surface area contributed by atoms with E-state index >= 15 is 0 Å². The van der Waals surface area contributed by atoms with Gasteiger partial charge in [0.25, 0.3) is 0 Å². The van der Waals surface area contributed by atoms with Gasteiger partial charge in [0.05, 0.1) is 11.1 Å². The van der Waals surface area contributed by atoms with Crippen LogP contribution in [0.5, 0.6) is 0 Å². The molecule has 3 nitrogen and oxygen atoms in total. The third kappa shape index (κ3) is 3.12. The summed E-state index contributed by atoms with van der Waals surface area (Å²) in [5, 5.41) is 12.2. The molecule has 0 bridgehead atoms. The molecule has 1 aromatic rings. The third-order valence-corrected chi connectivity index (χ3v) is 3.74. The van der Waals surface area contributed by atoms with E-state index in [1.807, 2.05) is 6.92 Å². The Hall–Kier alpha value is -1.56. The van der Waals surface area contributed by atoms with Crippen LogP contribution in [0.3, 0.4) is 0 Å². The molecule has 2 atom stereocenters. The predicted molar refractivity (Wildman–Crippen MR) is 67.8 cm³/mol. The summed E-state index contributed by atoms with van der Waals surface area (Å²) in [5.41, 5.74) is -0.732. The second-order valence-corrected chi connectivity index (χ2v) is 5.22. The first-order chi connectivity index (χ1) is 9.29. The number of carboxylic acids is 1. The van der Waals surface area contributed by atoms with Crippen molar-refractivity contribution in [1.29, 1.82) is 0 Å². The molecule has 1 aliphatic rings. The van der Waals surface area contributed by atoms with Gasteiger partial charge in [-0.3, -0.25) is 0 Å². The summed E-state index contributed by atoms with van der Waals surface area (Å²) < 4.78 is 38.6. The largest absolute Gasteiger partial charge is 0.478 e. The Kier molecular flexibility index (Phi) is 4.04. The molecule has 1 heterocycles. The molecule has 0 aromatic heterocycles. The summed E-state index contributed by atoms with van der Waals surface area (Å²) in [7, 11) is 0. The summed E-state index contributed by atoms with van der Waals surface area (Å²) in [4.78, 5) is 11.0. The number of hydrogen-bond donors (Lipinski definition) is 2. The van der Waals surface area contributed by atoms with Gasteiger partial charge >= 0.3 is 12.1 Å². The van der Waals surface area contributed by atoms with E-state index in [1.165, 1.54) is 6.07 Å².